The van der Waals surface area contributed by atoms with Crippen LogP contribution in [0.25, 0.3) is 0 Å². The van der Waals surface area contributed by atoms with Crippen molar-refractivity contribution in [3.8, 4) is 0 Å². The van der Waals surface area contributed by atoms with Crippen molar-refractivity contribution >= 4 is 6.03 Å². The number of furan rings is 1. The molecular formula is C15H22N2O4. The van der Waals surface area contributed by atoms with Crippen molar-refractivity contribution in [3.05, 3.63) is 24.2 Å². The number of urea groups is 1. The van der Waals surface area contributed by atoms with Gasteiger partial charge in [-0.2, -0.15) is 0 Å². The molecule has 1 aromatic heterocycles. The van der Waals surface area contributed by atoms with Crippen LogP contribution in [0, 0.1) is 5.92 Å². The number of carbonyl (C=O) groups excluding carboxylic acids is 1. The second kappa shape index (κ2) is 6.49. The van der Waals surface area contributed by atoms with Crippen LogP contribution in [0.2, 0.25) is 0 Å². The van der Waals surface area contributed by atoms with Gasteiger partial charge in [0.2, 0.25) is 0 Å². The van der Waals surface area contributed by atoms with Crippen molar-refractivity contribution < 1.29 is 18.7 Å². The van der Waals surface area contributed by atoms with Gasteiger partial charge in [-0.05, 0) is 24.8 Å². The number of hydrogen-bond acceptors (Lipinski definition) is 4. The van der Waals surface area contributed by atoms with E-state index >= 15 is 0 Å². The maximum atomic E-state index is 11.7. The molecule has 2 fully saturated rings. The lowest BCUT2D eigenvalue weighted by molar-refractivity contribution is -0.182. The zero-order valence-corrected chi connectivity index (χ0v) is 12.1. The summed E-state index contributed by atoms with van der Waals surface area (Å²) in [6.45, 7) is 2.60. The van der Waals surface area contributed by atoms with Gasteiger partial charge < -0.3 is 24.5 Å². The van der Waals surface area contributed by atoms with Crippen LogP contribution >= 0.6 is 0 Å². The number of amides is 2. The van der Waals surface area contributed by atoms with Crippen LogP contribution in [-0.4, -0.2) is 31.6 Å². The molecule has 0 bridgehead atoms. The van der Waals surface area contributed by atoms with Crippen molar-refractivity contribution in [2.24, 2.45) is 5.92 Å². The third kappa shape index (κ3) is 3.77. The van der Waals surface area contributed by atoms with E-state index in [1.165, 1.54) is 0 Å². The molecule has 2 amide bonds. The van der Waals surface area contributed by atoms with E-state index in [9.17, 15) is 4.79 Å². The van der Waals surface area contributed by atoms with Crippen LogP contribution in [0.3, 0.4) is 0 Å². The Morgan fingerprint density at radius 1 is 1.24 bits per heavy atom. The van der Waals surface area contributed by atoms with Gasteiger partial charge in [0.25, 0.3) is 0 Å². The van der Waals surface area contributed by atoms with E-state index < -0.39 is 0 Å². The zero-order chi connectivity index (χ0) is 14.5. The first kappa shape index (κ1) is 14.4. The van der Waals surface area contributed by atoms with Crippen LogP contribution in [0.4, 0.5) is 4.79 Å². The molecule has 0 aromatic carbocycles. The maximum Gasteiger partial charge on any atom is 0.315 e. The Morgan fingerprint density at radius 3 is 2.67 bits per heavy atom. The number of rotatable bonds is 4. The largest absolute Gasteiger partial charge is 0.472 e. The van der Waals surface area contributed by atoms with E-state index in [0.717, 1.165) is 31.2 Å². The lowest BCUT2D eigenvalue weighted by Crippen LogP contribution is -2.41. The molecule has 0 atom stereocenters. The molecule has 1 saturated carbocycles. The van der Waals surface area contributed by atoms with Gasteiger partial charge in [0.05, 0.1) is 25.7 Å². The van der Waals surface area contributed by atoms with E-state index in [2.05, 4.69) is 10.6 Å². The fraction of sp³-hybridized carbons (Fsp3) is 0.667. The summed E-state index contributed by atoms with van der Waals surface area (Å²) in [5.41, 5.74) is 0.959. The highest BCUT2D eigenvalue weighted by Gasteiger charge is 2.40. The Kier molecular flexibility index (Phi) is 4.45. The predicted molar refractivity (Wildman–Crippen MR) is 75.5 cm³/mol. The maximum absolute atomic E-state index is 11.7. The average Bonchev–Trinajstić information content (AvgIpc) is 3.17. The van der Waals surface area contributed by atoms with Gasteiger partial charge in [-0.3, -0.25) is 0 Å². The van der Waals surface area contributed by atoms with Crippen molar-refractivity contribution in [1.29, 1.82) is 0 Å². The van der Waals surface area contributed by atoms with E-state index in [1.807, 2.05) is 6.07 Å². The first-order valence-corrected chi connectivity index (χ1v) is 7.56. The van der Waals surface area contributed by atoms with Crippen LogP contribution in [0.5, 0.6) is 0 Å². The lowest BCUT2D eigenvalue weighted by Gasteiger charge is -2.35. The second-order valence-corrected chi connectivity index (χ2v) is 5.75. The van der Waals surface area contributed by atoms with Gasteiger partial charge in [0.15, 0.2) is 5.79 Å². The zero-order valence-electron chi connectivity index (χ0n) is 12.1. The van der Waals surface area contributed by atoms with Crippen LogP contribution in [-0.2, 0) is 16.0 Å². The third-order valence-corrected chi connectivity index (χ3v) is 4.26. The van der Waals surface area contributed by atoms with Crippen LogP contribution in [0.15, 0.2) is 23.0 Å². The van der Waals surface area contributed by atoms with E-state index in [4.69, 9.17) is 13.9 Å². The van der Waals surface area contributed by atoms with Crippen LogP contribution < -0.4 is 10.6 Å². The SMILES string of the molecule is O=C(NCc1ccoc1)NCC1CCC2(CC1)OCCO2. The summed E-state index contributed by atoms with van der Waals surface area (Å²) in [5, 5.41) is 5.75. The Balaban J connectivity index is 1.33. The summed E-state index contributed by atoms with van der Waals surface area (Å²) in [7, 11) is 0. The molecule has 2 heterocycles. The summed E-state index contributed by atoms with van der Waals surface area (Å²) in [5.74, 6) is 0.183. The highest BCUT2D eigenvalue weighted by Crippen LogP contribution is 2.37. The highest BCUT2D eigenvalue weighted by molar-refractivity contribution is 5.73. The topological polar surface area (TPSA) is 72.7 Å². The normalized spacial score (nSPS) is 21.5. The van der Waals surface area contributed by atoms with Crippen molar-refractivity contribution in [2.75, 3.05) is 19.8 Å². The van der Waals surface area contributed by atoms with E-state index in [1.54, 1.807) is 12.5 Å². The van der Waals surface area contributed by atoms with Gasteiger partial charge in [0, 0.05) is 31.5 Å². The molecule has 0 unspecified atom stereocenters. The Hall–Kier alpha value is -1.53. The molecule has 1 spiro atoms. The summed E-state index contributed by atoms with van der Waals surface area (Å²) < 4.78 is 16.4. The summed E-state index contributed by atoms with van der Waals surface area (Å²) in [4.78, 5) is 11.7. The number of nitrogens with one attached hydrogen (secondary N) is 2. The lowest BCUT2D eigenvalue weighted by atomic mass is 9.85. The Labute approximate surface area is 124 Å². The number of carbonyl (C=O) groups is 1. The number of hydrogen-bond donors (Lipinski definition) is 2. The van der Waals surface area contributed by atoms with Crippen molar-refractivity contribution in [2.45, 2.75) is 38.0 Å². The standard InChI is InChI=1S/C15H22N2O4/c18-14(17-10-13-3-6-19-11-13)16-9-12-1-4-15(5-2-12)20-7-8-21-15/h3,6,11-12H,1-2,4-5,7-10H2,(H2,16,17,18). The average molecular weight is 294 g/mol. The van der Waals surface area contributed by atoms with E-state index in [-0.39, 0.29) is 11.8 Å². The van der Waals surface area contributed by atoms with Gasteiger partial charge in [-0.15, -0.1) is 0 Å². The van der Waals surface area contributed by atoms with Crippen molar-refractivity contribution in [1.82, 2.24) is 10.6 Å². The van der Waals surface area contributed by atoms with Crippen LogP contribution in [0.1, 0.15) is 31.2 Å². The minimum atomic E-state index is -0.319. The molecule has 2 N–H and O–H groups in total. The van der Waals surface area contributed by atoms with Crippen molar-refractivity contribution in [3.63, 3.8) is 0 Å². The highest BCUT2D eigenvalue weighted by atomic mass is 16.7. The molecule has 21 heavy (non-hydrogen) atoms. The molecule has 1 aliphatic heterocycles. The quantitative estimate of drug-likeness (QED) is 0.891. The Morgan fingerprint density at radius 2 is 2.00 bits per heavy atom. The molecule has 1 aliphatic carbocycles. The summed E-state index contributed by atoms with van der Waals surface area (Å²) in [6, 6.07) is 1.70. The number of ether oxygens (including phenoxy) is 2. The molecule has 3 rings (SSSR count). The van der Waals surface area contributed by atoms with Gasteiger partial charge >= 0.3 is 6.03 Å². The molecule has 0 radical (unpaired) electrons. The molecule has 1 aromatic rings. The minimum absolute atomic E-state index is 0.134. The Bertz CT molecular complexity index is 444. The second-order valence-electron chi connectivity index (χ2n) is 5.75. The van der Waals surface area contributed by atoms with Gasteiger partial charge in [-0.1, -0.05) is 0 Å². The molecular weight excluding hydrogens is 272 g/mol. The summed E-state index contributed by atoms with van der Waals surface area (Å²) >= 11 is 0. The molecule has 6 nitrogen and oxygen atoms in total. The predicted octanol–water partition coefficient (Wildman–Crippen LogP) is 2.01. The molecule has 116 valence electrons. The molecule has 1 saturated heterocycles. The van der Waals surface area contributed by atoms with E-state index in [0.29, 0.717) is 32.2 Å². The molecule has 6 heteroatoms. The monoisotopic (exact) mass is 294 g/mol. The summed E-state index contributed by atoms with van der Waals surface area (Å²) in [6.07, 6.45) is 7.14. The third-order valence-electron chi connectivity index (χ3n) is 4.26. The fourth-order valence-electron chi connectivity index (χ4n) is 2.98. The fourth-order valence-corrected chi connectivity index (χ4v) is 2.98. The first-order chi connectivity index (χ1) is 10.3. The molecule has 2 aliphatic rings. The van der Waals surface area contributed by atoms with Gasteiger partial charge in [0.1, 0.15) is 0 Å². The minimum Gasteiger partial charge on any atom is -0.472 e. The smallest absolute Gasteiger partial charge is 0.315 e. The van der Waals surface area contributed by atoms with Gasteiger partial charge in [-0.25, -0.2) is 4.79 Å². The first-order valence-electron chi connectivity index (χ1n) is 7.56.